The minimum atomic E-state index is -2.78. The molecular weight excluding hydrogens is 422 g/mol. The van der Waals surface area contributed by atoms with Crippen LogP contribution in [0.2, 0.25) is 0 Å². The SMILES string of the molecule is CC(=O)[O-].CC1(c2cc(NC(=O)Cc3ccc(-c4ccc(N)[nH+]c4)cc3)on2)CC1(F)F. The Labute approximate surface area is 182 Å². The number of aliphatic carboxylic acids is 1. The summed E-state index contributed by atoms with van der Waals surface area (Å²) in [6.45, 7) is 2.40. The van der Waals surface area contributed by atoms with Crippen LogP contribution < -0.4 is 21.1 Å². The number of nitrogen functional groups attached to an aromatic ring is 1. The van der Waals surface area contributed by atoms with Gasteiger partial charge in [-0.2, -0.15) is 0 Å². The first-order valence-corrected chi connectivity index (χ1v) is 9.69. The fourth-order valence-corrected chi connectivity index (χ4v) is 3.07. The second-order valence-electron chi connectivity index (χ2n) is 7.74. The molecule has 1 unspecified atom stereocenters. The Hall–Kier alpha value is -3.82. The Morgan fingerprint density at radius 1 is 1.22 bits per heavy atom. The number of anilines is 2. The van der Waals surface area contributed by atoms with E-state index in [1.807, 2.05) is 36.5 Å². The van der Waals surface area contributed by atoms with Crippen LogP contribution in [0.5, 0.6) is 0 Å². The molecule has 1 atom stereocenters. The van der Waals surface area contributed by atoms with Gasteiger partial charge in [-0.15, -0.1) is 0 Å². The molecular formula is C22H22F2N4O4. The van der Waals surface area contributed by atoms with Gasteiger partial charge in [0.05, 0.1) is 23.7 Å². The first-order valence-electron chi connectivity index (χ1n) is 9.69. The molecule has 4 N–H and O–H groups in total. The summed E-state index contributed by atoms with van der Waals surface area (Å²) < 4.78 is 31.8. The Balaban J connectivity index is 0.000000668. The highest BCUT2D eigenvalue weighted by atomic mass is 19.3. The van der Waals surface area contributed by atoms with Crippen molar-refractivity contribution < 1.29 is 33.0 Å². The minimum Gasteiger partial charge on any atom is -0.550 e. The third-order valence-corrected chi connectivity index (χ3v) is 5.08. The van der Waals surface area contributed by atoms with E-state index in [1.54, 1.807) is 6.07 Å². The van der Waals surface area contributed by atoms with Crippen molar-refractivity contribution in [2.75, 3.05) is 11.1 Å². The maximum absolute atomic E-state index is 13.4. The van der Waals surface area contributed by atoms with E-state index >= 15 is 0 Å². The number of nitrogens with two attached hydrogens (primary N) is 1. The van der Waals surface area contributed by atoms with Crippen molar-refractivity contribution in [1.29, 1.82) is 0 Å². The van der Waals surface area contributed by atoms with Gasteiger partial charge < -0.3 is 14.4 Å². The molecule has 0 radical (unpaired) electrons. The molecule has 4 rings (SSSR count). The van der Waals surface area contributed by atoms with Gasteiger partial charge in [-0.25, -0.2) is 13.8 Å². The van der Waals surface area contributed by atoms with Crippen LogP contribution in [0.1, 0.15) is 31.5 Å². The largest absolute Gasteiger partial charge is 0.550 e. The lowest BCUT2D eigenvalue weighted by Gasteiger charge is -2.04. The number of nitrogens with zero attached hydrogens (tertiary/aromatic N) is 1. The number of halogens is 2. The topological polar surface area (TPSA) is 135 Å². The smallest absolute Gasteiger partial charge is 0.270 e. The van der Waals surface area contributed by atoms with Crippen molar-refractivity contribution in [3.8, 4) is 11.1 Å². The molecule has 32 heavy (non-hydrogen) atoms. The predicted octanol–water partition coefficient (Wildman–Crippen LogP) is 1.97. The molecule has 10 heteroatoms. The van der Waals surface area contributed by atoms with Gasteiger partial charge >= 0.3 is 0 Å². The number of H-pyrrole nitrogens is 1. The standard InChI is InChI=1S/C20H18F2N4O2.C2H4O2/c1-19(11-20(19,21)22)15-9-18(28-26-15)25-17(27)8-12-2-4-13(5-3-12)14-6-7-16(23)24-10-14;1-2(3)4/h2-7,9-10H,8,11H2,1H3,(H2,23,24)(H,25,27);1H3,(H,3,4). The van der Waals surface area contributed by atoms with Gasteiger partial charge in [0.1, 0.15) is 0 Å². The molecule has 1 aliphatic carbocycles. The van der Waals surface area contributed by atoms with Crippen molar-refractivity contribution >= 4 is 23.6 Å². The van der Waals surface area contributed by atoms with Crippen molar-refractivity contribution in [2.45, 2.75) is 38.0 Å². The van der Waals surface area contributed by atoms with Gasteiger partial charge in [0.25, 0.3) is 11.7 Å². The zero-order chi connectivity index (χ0) is 23.5. The minimum absolute atomic E-state index is 0.0676. The summed E-state index contributed by atoms with van der Waals surface area (Å²) in [6, 6.07) is 12.6. The summed E-state index contributed by atoms with van der Waals surface area (Å²) in [5, 5.41) is 15.1. The van der Waals surface area contributed by atoms with E-state index in [9.17, 15) is 13.6 Å². The molecule has 1 amide bonds. The molecule has 1 aromatic carbocycles. The molecule has 0 bridgehead atoms. The monoisotopic (exact) mass is 444 g/mol. The van der Waals surface area contributed by atoms with Crippen LogP contribution in [0.4, 0.5) is 20.5 Å². The number of pyridine rings is 1. The molecule has 168 valence electrons. The summed E-state index contributed by atoms with van der Waals surface area (Å²) in [6.07, 6.45) is 1.66. The molecule has 0 aliphatic heterocycles. The van der Waals surface area contributed by atoms with E-state index in [2.05, 4.69) is 15.5 Å². The number of alkyl halides is 2. The second kappa shape index (κ2) is 8.74. The summed E-state index contributed by atoms with van der Waals surface area (Å²) in [5.74, 6) is -3.54. The summed E-state index contributed by atoms with van der Waals surface area (Å²) in [4.78, 5) is 24.0. The number of amides is 1. The van der Waals surface area contributed by atoms with Crippen LogP contribution in [-0.4, -0.2) is 23.0 Å². The lowest BCUT2D eigenvalue weighted by atomic mass is 10.0. The predicted molar refractivity (Wildman–Crippen MR) is 109 cm³/mol. The van der Waals surface area contributed by atoms with E-state index in [1.165, 1.54) is 13.0 Å². The lowest BCUT2D eigenvalue weighted by molar-refractivity contribution is -0.359. The molecule has 1 saturated carbocycles. The molecule has 3 aromatic rings. The number of aromatic nitrogens is 2. The number of carbonyl (C=O) groups is 2. The number of nitrogens with one attached hydrogen (secondary N) is 2. The number of carbonyl (C=O) groups excluding carboxylic acids is 2. The number of carboxylic acid groups (broad SMARTS) is 1. The van der Waals surface area contributed by atoms with Crippen LogP contribution >= 0.6 is 0 Å². The van der Waals surface area contributed by atoms with Gasteiger partial charge in [-0.1, -0.05) is 29.4 Å². The fourth-order valence-electron chi connectivity index (χ4n) is 3.07. The Kier molecular flexibility index (Phi) is 6.24. The highest BCUT2D eigenvalue weighted by Crippen LogP contribution is 2.61. The van der Waals surface area contributed by atoms with E-state index in [0.29, 0.717) is 5.82 Å². The van der Waals surface area contributed by atoms with Gasteiger partial charge in [0.15, 0.2) is 0 Å². The van der Waals surface area contributed by atoms with Crippen LogP contribution in [0.3, 0.4) is 0 Å². The molecule has 0 saturated heterocycles. The lowest BCUT2D eigenvalue weighted by Crippen LogP contribution is -2.16. The molecule has 1 fully saturated rings. The first kappa shape index (κ1) is 22.9. The zero-order valence-electron chi connectivity index (χ0n) is 17.4. The Morgan fingerprint density at radius 3 is 2.34 bits per heavy atom. The normalized spacial score (nSPS) is 18.2. The summed E-state index contributed by atoms with van der Waals surface area (Å²) >= 11 is 0. The highest BCUT2D eigenvalue weighted by molar-refractivity contribution is 5.91. The average molecular weight is 444 g/mol. The first-order chi connectivity index (χ1) is 15.0. The average Bonchev–Trinajstić information content (AvgIpc) is 3.02. The van der Waals surface area contributed by atoms with E-state index in [0.717, 1.165) is 23.6 Å². The van der Waals surface area contributed by atoms with E-state index in [4.69, 9.17) is 20.2 Å². The number of benzene rings is 1. The van der Waals surface area contributed by atoms with Crippen molar-refractivity contribution in [3.05, 3.63) is 59.9 Å². The number of hydrogen-bond donors (Lipinski definition) is 2. The van der Waals surface area contributed by atoms with Gasteiger partial charge in [0.2, 0.25) is 11.8 Å². The number of aromatic amines is 1. The van der Waals surface area contributed by atoms with Gasteiger partial charge in [-0.05, 0) is 31.0 Å². The van der Waals surface area contributed by atoms with E-state index in [-0.39, 0.29) is 30.3 Å². The zero-order valence-corrected chi connectivity index (χ0v) is 17.4. The summed E-state index contributed by atoms with van der Waals surface area (Å²) in [7, 11) is 0. The Bertz CT molecular complexity index is 1110. The fraction of sp³-hybridized carbons (Fsp3) is 0.273. The number of carboxylic acids is 1. The summed E-state index contributed by atoms with van der Waals surface area (Å²) in [5.41, 5.74) is 7.25. The van der Waals surface area contributed by atoms with Crippen LogP contribution in [0.25, 0.3) is 11.1 Å². The van der Waals surface area contributed by atoms with Gasteiger partial charge in [-0.3, -0.25) is 15.8 Å². The molecule has 1 aliphatic rings. The van der Waals surface area contributed by atoms with Crippen LogP contribution in [0, 0.1) is 0 Å². The molecule has 8 nitrogen and oxygen atoms in total. The molecule has 2 heterocycles. The molecule has 2 aromatic heterocycles. The van der Waals surface area contributed by atoms with Crippen molar-refractivity contribution in [1.82, 2.24) is 5.16 Å². The van der Waals surface area contributed by atoms with Crippen molar-refractivity contribution in [3.63, 3.8) is 0 Å². The maximum Gasteiger partial charge on any atom is 0.270 e. The highest BCUT2D eigenvalue weighted by Gasteiger charge is 2.70. The third-order valence-electron chi connectivity index (χ3n) is 5.08. The Morgan fingerprint density at radius 2 is 1.81 bits per heavy atom. The number of rotatable bonds is 5. The van der Waals surface area contributed by atoms with Crippen LogP contribution in [-0.2, 0) is 21.4 Å². The number of hydrogen-bond acceptors (Lipinski definition) is 6. The van der Waals surface area contributed by atoms with E-state index < -0.39 is 17.3 Å². The third kappa shape index (κ3) is 5.26. The maximum atomic E-state index is 13.4. The quantitative estimate of drug-likeness (QED) is 0.618. The van der Waals surface area contributed by atoms with Crippen molar-refractivity contribution in [2.24, 2.45) is 0 Å². The molecule has 0 spiro atoms. The van der Waals surface area contributed by atoms with Crippen LogP contribution in [0.15, 0.2) is 53.2 Å². The second-order valence-corrected chi connectivity index (χ2v) is 7.74. The van der Waals surface area contributed by atoms with Gasteiger partial charge in [0, 0.05) is 30.1 Å².